The quantitative estimate of drug-likeness (QED) is 0.511. The van der Waals surface area contributed by atoms with E-state index < -0.39 is 20.4 Å². The summed E-state index contributed by atoms with van der Waals surface area (Å²) in [5, 5.41) is 0. The maximum absolute atomic E-state index is 12.5. The Hall–Kier alpha value is -1.05. The molecule has 0 saturated carbocycles. The first-order valence-electron chi connectivity index (χ1n) is 11.9. The number of hydrogen-bond acceptors (Lipinski definition) is 6. The summed E-state index contributed by atoms with van der Waals surface area (Å²) >= 11 is 0. The van der Waals surface area contributed by atoms with Gasteiger partial charge in [-0.05, 0) is 68.7 Å². The highest BCUT2D eigenvalue weighted by molar-refractivity contribution is 7.47. The molecular formula is C23H43N4O4P. The highest BCUT2D eigenvalue weighted by Crippen LogP contribution is 2.53. The maximum Gasteiger partial charge on any atom is 0.330 e. The van der Waals surface area contributed by atoms with Gasteiger partial charge in [-0.15, -0.1) is 0 Å². The summed E-state index contributed by atoms with van der Waals surface area (Å²) in [7, 11) is -1.05. The molecule has 1 N–H and O–H groups in total. The normalized spacial score (nSPS) is 22.1. The van der Waals surface area contributed by atoms with Crippen molar-refractivity contribution in [3.63, 3.8) is 0 Å². The number of aryl methyl sites for hydroxylation is 1. The van der Waals surface area contributed by atoms with Gasteiger partial charge in [0.15, 0.2) is 8.45 Å². The molecule has 2 rings (SSSR count). The van der Waals surface area contributed by atoms with Gasteiger partial charge in [0.2, 0.25) is 0 Å². The van der Waals surface area contributed by atoms with E-state index in [0.29, 0.717) is 36.2 Å². The second kappa shape index (κ2) is 11.4. The molecule has 184 valence electrons. The van der Waals surface area contributed by atoms with Crippen LogP contribution in [0.2, 0.25) is 0 Å². The van der Waals surface area contributed by atoms with Crippen LogP contribution in [0.1, 0.15) is 86.9 Å². The maximum atomic E-state index is 12.5. The van der Waals surface area contributed by atoms with Crippen LogP contribution in [-0.2, 0) is 9.26 Å². The van der Waals surface area contributed by atoms with Crippen molar-refractivity contribution in [2.45, 2.75) is 125 Å². The van der Waals surface area contributed by atoms with Crippen molar-refractivity contribution >= 4 is 8.45 Å². The second-order valence-electron chi connectivity index (χ2n) is 9.78. The molecular weight excluding hydrogens is 427 g/mol. The zero-order valence-electron chi connectivity index (χ0n) is 21.5. The lowest BCUT2D eigenvalue weighted by atomic mass is 10.1. The third-order valence-electron chi connectivity index (χ3n) is 5.78. The highest BCUT2D eigenvalue weighted by Gasteiger charge is 2.42. The van der Waals surface area contributed by atoms with Crippen LogP contribution in [0.5, 0.6) is 0 Å². The highest BCUT2D eigenvalue weighted by atomic mass is 31.2. The Morgan fingerprint density at radius 1 is 1.06 bits per heavy atom. The first-order valence-corrected chi connectivity index (χ1v) is 13.1. The summed E-state index contributed by atoms with van der Waals surface area (Å²) in [6.07, 6.45) is 2.22. The average molecular weight is 471 g/mol. The fourth-order valence-corrected chi connectivity index (χ4v) is 6.98. The smallest absolute Gasteiger partial charge is 0.330 e. The van der Waals surface area contributed by atoms with Crippen molar-refractivity contribution < 1.29 is 9.26 Å². The largest absolute Gasteiger partial charge is 0.352 e. The SMILES string of the molecule is CC[C@H]1O[C@@H](n2cc(C)c(=O)[nH]c2=O)CC1OP(N(C(C)C)C(C)C)N(C(C)C)C(C)C. The Bertz CT molecular complexity index is 815. The number of nitrogens with zero attached hydrogens (tertiary/aromatic N) is 3. The number of aromatic nitrogens is 2. The van der Waals surface area contributed by atoms with Gasteiger partial charge in [-0.2, -0.15) is 0 Å². The molecule has 0 bridgehead atoms. The summed E-state index contributed by atoms with van der Waals surface area (Å²) in [6, 6.07) is 1.29. The monoisotopic (exact) mass is 470 g/mol. The van der Waals surface area contributed by atoms with Gasteiger partial charge < -0.3 is 9.26 Å². The lowest BCUT2D eigenvalue weighted by Gasteiger charge is -2.46. The lowest BCUT2D eigenvalue weighted by Crippen LogP contribution is -2.44. The molecule has 2 heterocycles. The molecule has 0 amide bonds. The minimum atomic E-state index is -1.05. The molecule has 0 aliphatic carbocycles. The summed E-state index contributed by atoms with van der Waals surface area (Å²) < 4.78 is 19.6. The molecule has 32 heavy (non-hydrogen) atoms. The second-order valence-corrected chi connectivity index (χ2v) is 11.4. The molecule has 9 heteroatoms. The molecule has 8 nitrogen and oxygen atoms in total. The van der Waals surface area contributed by atoms with Gasteiger partial charge in [0.05, 0.1) is 12.2 Å². The van der Waals surface area contributed by atoms with Gasteiger partial charge >= 0.3 is 5.69 Å². The van der Waals surface area contributed by atoms with E-state index in [2.05, 4.69) is 76.6 Å². The summed E-state index contributed by atoms with van der Waals surface area (Å²) in [5.41, 5.74) is -0.314. The molecule has 3 atom stereocenters. The van der Waals surface area contributed by atoms with E-state index in [1.54, 1.807) is 13.1 Å². The lowest BCUT2D eigenvalue weighted by molar-refractivity contribution is -0.0194. The fourth-order valence-electron chi connectivity index (χ4n) is 4.48. The Morgan fingerprint density at radius 3 is 2.00 bits per heavy atom. The van der Waals surface area contributed by atoms with Crippen molar-refractivity contribution in [3.8, 4) is 0 Å². The third-order valence-corrected chi connectivity index (χ3v) is 8.88. The van der Waals surface area contributed by atoms with Crippen LogP contribution < -0.4 is 11.2 Å². The summed E-state index contributed by atoms with van der Waals surface area (Å²) in [4.78, 5) is 26.6. The molecule has 1 aliphatic rings. The Kier molecular flexibility index (Phi) is 9.68. The predicted molar refractivity (Wildman–Crippen MR) is 131 cm³/mol. The van der Waals surface area contributed by atoms with Crippen LogP contribution in [-0.4, -0.2) is 55.3 Å². The van der Waals surface area contributed by atoms with Crippen LogP contribution >= 0.6 is 8.45 Å². The number of ether oxygens (including phenoxy) is 1. The topological polar surface area (TPSA) is 79.8 Å². The molecule has 1 saturated heterocycles. The molecule has 1 aromatic heterocycles. The predicted octanol–water partition coefficient (Wildman–Crippen LogP) is 4.39. The van der Waals surface area contributed by atoms with Crippen molar-refractivity contribution in [1.82, 2.24) is 18.9 Å². The van der Waals surface area contributed by atoms with E-state index in [1.807, 2.05) is 0 Å². The number of aromatic amines is 1. The van der Waals surface area contributed by atoms with E-state index in [4.69, 9.17) is 9.26 Å². The van der Waals surface area contributed by atoms with E-state index in [1.165, 1.54) is 4.57 Å². The van der Waals surface area contributed by atoms with Crippen molar-refractivity contribution in [3.05, 3.63) is 32.6 Å². The van der Waals surface area contributed by atoms with Gasteiger partial charge in [-0.3, -0.25) is 14.3 Å². The standard InChI is InChI=1S/C23H43N4O4P/c1-11-19-20(12-21(30-19)25-13-18(10)22(28)24-23(25)29)31-32(26(14(2)3)15(4)5)27(16(6)7)17(8)9/h13-17,19-21H,11-12H2,1-10H3,(H,24,28,29)/t19-,20?,21-/m1/s1. The molecule has 1 fully saturated rings. The van der Waals surface area contributed by atoms with Crippen molar-refractivity contribution in [1.29, 1.82) is 0 Å². The number of hydrogen-bond donors (Lipinski definition) is 1. The molecule has 1 aromatic rings. The van der Waals surface area contributed by atoms with E-state index in [0.717, 1.165) is 6.42 Å². The average Bonchev–Trinajstić information content (AvgIpc) is 3.06. The van der Waals surface area contributed by atoms with Gasteiger partial charge in [-0.25, -0.2) is 14.1 Å². The van der Waals surface area contributed by atoms with Crippen LogP contribution in [0.4, 0.5) is 0 Å². The zero-order chi connectivity index (χ0) is 24.3. The van der Waals surface area contributed by atoms with Crippen LogP contribution in [0.3, 0.4) is 0 Å². The minimum absolute atomic E-state index is 0.119. The van der Waals surface area contributed by atoms with Crippen LogP contribution in [0, 0.1) is 6.92 Å². The molecule has 1 unspecified atom stereocenters. The van der Waals surface area contributed by atoms with E-state index in [9.17, 15) is 9.59 Å². The Morgan fingerprint density at radius 2 is 1.56 bits per heavy atom. The number of rotatable bonds is 10. The van der Waals surface area contributed by atoms with Crippen molar-refractivity contribution in [2.75, 3.05) is 0 Å². The van der Waals surface area contributed by atoms with Crippen LogP contribution in [0.15, 0.2) is 15.8 Å². The number of H-pyrrole nitrogens is 1. The first kappa shape index (κ1) is 27.2. The molecule has 0 radical (unpaired) electrons. The summed E-state index contributed by atoms with van der Waals surface area (Å²) in [6.45, 7) is 21.5. The number of nitrogens with one attached hydrogen (secondary N) is 1. The van der Waals surface area contributed by atoms with Gasteiger partial charge in [0, 0.05) is 42.3 Å². The Labute approximate surface area is 194 Å². The van der Waals surface area contributed by atoms with Crippen LogP contribution in [0.25, 0.3) is 0 Å². The zero-order valence-corrected chi connectivity index (χ0v) is 22.3. The van der Waals surface area contributed by atoms with Crippen molar-refractivity contribution in [2.24, 2.45) is 0 Å². The fraction of sp³-hybridized carbons (Fsp3) is 0.826. The van der Waals surface area contributed by atoms with E-state index >= 15 is 0 Å². The summed E-state index contributed by atoms with van der Waals surface area (Å²) in [5.74, 6) is 0. The molecule has 1 aliphatic heterocycles. The Balaban J connectivity index is 2.40. The first-order chi connectivity index (χ1) is 14.9. The third kappa shape index (κ3) is 6.09. The molecule has 0 aromatic carbocycles. The van der Waals surface area contributed by atoms with Gasteiger partial charge in [0.1, 0.15) is 6.23 Å². The van der Waals surface area contributed by atoms with E-state index in [-0.39, 0.29) is 17.8 Å². The molecule has 0 spiro atoms. The van der Waals surface area contributed by atoms with Gasteiger partial charge in [-0.1, -0.05) is 6.92 Å². The minimum Gasteiger partial charge on any atom is -0.352 e. The van der Waals surface area contributed by atoms with Gasteiger partial charge in [0.25, 0.3) is 5.56 Å².